The van der Waals surface area contributed by atoms with E-state index in [1.54, 1.807) is 5.32 Å². The van der Waals surface area contributed by atoms with E-state index >= 15 is 0 Å². The maximum absolute atomic E-state index is 13.1. The van der Waals surface area contributed by atoms with E-state index in [4.69, 9.17) is 5.11 Å². The molecule has 0 fully saturated rings. The number of carbonyl (C=O) groups is 2. The van der Waals surface area contributed by atoms with Crippen molar-refractivity contribution in [3.8, 4) is 0 Å². The van der Waals surface area contributed by atoms with E-state index in [2.05, 4.69) is 0 Å². The molecule has 1 aromatic carbocycles. The van der Waals surface area contributed by atoms with Crippen LogP contribution in [0.3, 0.4) is 0 Å². The molecule has 4 nitrogen and oxygen atoms in total. The predicted molar refractivity (Wildman–Crippen MR) is 51.7 cm³/mol. The Morgan fingerprint density at radius 3 is 2.12 bits per heavy atom. The topological polar surface area (TPSA) is 66.4 Å². The molecule has 0 saturated heterocycles. The Labute approximate surface area is 94.1 Å². The van der Waals surface area contributed by atoms with Gasteiger partial charge in [0.25, 0.3) is 0 Å². The average molecular weight is 247 g/mol. The van der Waals surface area contributed by atoms with Crippen LogP contribution in [0.1, 0.15) is 6.92 Å². The van der Waals surface area contributed by atoms with Crippen molar-refractivity contribution in [2.75, 3.05) is 5.32 Å². The first-order valence-electron chi connectivity index (χ1n) is 4.51. The lowest BCUT2D eigenvalue weighted by atomic mass is 10.1. The smallest absolute Gasteiger partial charge is 0.315 e. The van der Waals surface area contributed by atoms with Gasteiger partial charge in [0.15, 0.2) is 11.6 Å². The molecule has 0 aromatic heterocycles. The zero-order chi connectivity index (χ0) is 13.2. The summed E-state index contributed by atoms with van der Waals surface area (Å²) in [7, 11) is 0. The first kappa shape index (κ1) is 13.0. The van der Waals surface area contributed by atoms with Crippen LogP contribution in [0.2, 0.25) is 0 Å². The van der Waals surface area contributed by atoms with E-state index < -0.39 is 40.9 Å². The molecule has 0 saturated carbocycles. The SMILES string of the molecule is CC(C(=O)O)C(=O)Nc1c(F)cc(F)cc1F. The Hall–Kier alpha value is -2.05. The predicted octanol–water partition coefficient (Wildman–Crippen LogP) is 1.76. The summed E-state index contributed by atoms with van der Waals surface area (Å²) in [5.74, 6) is -7.77. The third kappa shape index (κ3) is 2.96. The summed E-state index contributed by atoms with van der Waals surface area (Å²) in [4.78, 5) is 21.7. The number of anilines is 1. The van der Waals surface area contributed by atoms with E-state index in [1.165, 1.54) is 0 Å². The Kier molecular flexibility index (Phi) is 3.72. The molecule has 1 aromatic rings. The molecule has 0 aliphatic heterocycles. The van der Waals surface area contributed by atoms with Gasteiger partial charge in [0.05, 0.1) is 0 Å². The normalized spacial score (nSPS) is 12.0. The van der Waals surface area contributed by atoms with Gasteiger partial charge in [-0.15, -0.1) is 0 Å². The summed E-state index contributed by atoms with van der Waals surface area (Å²) in [6.07, 6.45) is 0. The molecule has 0 spiro atoms. The lowest BCUT2D eigenvalue weighted by Gasteiger charge is -2.10. The van der Waals surface area contributed by atoms with Gasteiger partial charge in [0.2, 0.25) is 5.91 Å². The van der Waals surface area contributed by atoms with Crippen LogP contribution in [0.5, 0.6) is 0 Å². The van der Waals surface area contributed by atoms with Crippen molar-refractivity contribution in [1.82, 2.24) is 0 Å². The summed E-state index contributed by atoms with van der Waals surface area (Å²) >= 11 is 0. The molecule has 0 aliphatic rings. The molecule has 2 N–H and O–H groups in total. The first-order valence-corrected chi connectivity index (χ1v) is 4.51. The number of halogens is 3. The second-order valence-corrected chi connectivity index (χ2v) is 3.29. The first-order chi connectivity index (χ1) is 7.82. The number of carboxylic acid groups (broad SMARTS) is 1. The number of hydrogen-bond donors (Lipinski definition) is 2. The average Bonchev–Trinajstić information content (AvgIpc) is 2.21. The van der Waals surface area contributed by atoms with Crippen molar-refractivity contribution >= 4 is 17.6 Å². The number of carboxylic acids is 1. The van der Waals surface area contributed by atoms with Crippen LogP contribution in [-0.2, 0) is 9.59 Å². The molecule has 1 amide bonds. The standard InChI is InChI=1S/C10H8F3NO3/c1-4(10(16)17)9(15)14-8-6(12)2-5(11)3-7(8)13/h2-4H,1H3,(H,14,15)(H,16,17). The van der Waals surface area contributed by atoms with E-state index in [9.17, 15) is 22.8 Å². The molecule has 1 atom stereocenters. The van der Waals surface area contributed by atoms with Crippen LogP contribution < -0.4 is 5.32 Å². The van der Waals surface area contributed by atoms with Gasteiger partial charge < -0.3 is 10.4 Å². The van der Waals surface area contributed by atoms with Gasteiger partial charge in [-0.25, -0.2) is 13.2 Å². The molecule has 17 heavy (non-hydrogen) atoms. The van der Waals surface area contributed by atoms with Gasteiger partial charge in [-0.3, -0.25) is 9.59 Å². The minimum absolute atomic E-state index is 0.379. The highest BCUT2D eigenvalue weighted by atomic mass is 19.1. The molecular formula is C10H8F3NO3. The second kappa shape index (κ2) is 4.86. The molecule has 0 bridgehead atoms. The summed E-state index contributed by atoms with van der Waals surface area (Å²) < 4.78 is 38.7. The van der Waals surface area contributed by atoms with Crippen molar-refractivity contribution in [2.45, 2.75) is 6.92 Å². The zero-order valence-corrected chi connectivity index (χ0v) is 8.63. The fourth-order valence-corrected chi connectivity index (χ4v) is 1.01. The quantitative estimate of drug-likeness (QED) is 0.800. The van der Waals surface area contributed by atoms with Crippen LogP contribution in [0.15, 0.2) is 12.1 Å². The number of aliphatic carboxylic acids is 1. The molecular weight excluding hydrogens is 239 g/mol. The van der Waals surface area contributed by atoms with Crippen LogP contribution in [-0.4, -0.2) is 17.0 Å². The summed E-state index contributed by atoms with van der Waals surface area (Å²) in [6, 6.07) is 0.758. The van der Waals surface area contributed by atoms with Crippen molar-refractivity contribution in [3.63, 3.8) is 0 Å². The number of hydrogen-bond acceptors (Lipinski definition) is 2. The Morgan fingerprint density at radius 2 is 1.71 bits per heavy atom. The van der Waals surface area contributed by atoms with Crippen LogP contribution in [0.4, 0.5) is 18.9 Å². The number of amides is 1. The van der Waals surface area contributed by atoms with Gasteiger partial charge in [0.1, 0.15) is 17.4 Å². The van der Waals surface area contributed by atoms with Crippen molar-refractivity contribution in [1.29, 1.82) is 0 Å². The Bertz CT molecular complexity index is 453. The molecule has 0 radical (unpaired) electrons. The zero-order valence-electron chi connectivity index (χ0n) is 8.63. The van der Waals surface area contributed by atoms with Gasteiger partial charge in [-0.1, -0.05) is 0 Å². The minimum atomic E-state index is -1.47. The van der Waals surface area contributed by atoms with Gasteiger partial charge in [-0.05, 0) is 6.92 Å². The highest BCUT2D eigenvalue weighted by Crippen LogP contribution is 2.20. The van der Waals surface area contributed by atoms with Crippen molar-refractivity contribution in [3.05, 3.63) is 29.6 Å². The van der Waals surface area contributed by atoms with Crippen LogP contribution in [0, 0.1) is 23.4 Å². The number of benzene rings is 1. The molecule has 1 rings (SSSR count). The molecule has 0 aliphatic carbocycles. The van der Waals surface area contributed by atoms with Gasteiger partial charge in [0, 0.05) is 12.1 Å². The monoisotopic (exact) mass is 247 g/mol. The van der Waals surface area contributed by atoms with E-state index in [-0.39, 0.29) is 0 Å². The Morgan fingerprint density at radius 1 is 1.24 bits per heavy atom. The highest BCUT2D eigenvalue weighted by Gasteiger charge is 2.23. The third-order valence-corrected chi connectivity index (χ3v) is 2.02. The number of carbonyl (C=O) groups excluding carboxylic acids is 1. The van der Waals surface area contributed by atoms with Gasteiger partial charge in [-0.2, -0.15) is 0 Å². The van der Waals surface area contributed by atoms with Crippen molar-refractivity contribution < 1.29 is 27.9 Å². The maximum atomic E-state index is 13.1. The maximum Gasteiger partial charge on any atom is 0.315 e. The molecule has 1 unspecified atom stereocenters. The lowest BCUT2D eigenvalue weighted by molar-refractivity contribution is -0.144. The summed E-state index contributed by atoms with van der Waals surface area (Å²) in [6.45, 7) is 1.05. The van der Waals surface area contributed by atoms with E-state index in [1.807, 2.05) is 0 Å². The number of rotatable bonds is 3. The molecule has 7 heteroatoms. The van der Waals surface area contributed by atoms with E-state index in [0.29, 0.717) is 12.1 Å². The summed E-state index contributed by atoms with van der Waals surface area (Å²) in [5.41, 5.74) is -0.871. The van der Waals surface area contributed by atoms with Crippen LogP contribution in [0.25, 0.3) is 0 Å². The fourth-order valence-electron chi connectivity index (χ4n) is 1.01. The van der Waals surface area contributed by atoms with Crippen LogP contribution >= 0.6 is 0 Å². The minimum Gasteiger partial charge on any atom is -0.481 e. The molecule has 92 valence electrons. The fraction of sp³-hybridized carbons (Fsp3) is 0.200. The molecule has 0 heterocycles. The number of nitrogens with one attached hydrogen (secondary N) is 1. The summed E-state index contributed by atoms with van der Waals surface area (Å²) in [5, 5.41) is 10.3. The highest BCUT2D eigenvalue weighted by molar-refractivity contribution is 6.03. The largest absolute Gasteiger partial charge is 0.481 e. The third-order valence-electron chi connectivity index (χ3n) is 2.02. The second-order valence-electron chi connectivity index (χ2n) is 3.29. The lowest BCUT2D eigenvalue weighted by Crippen LogP contribution is -2.27. The van der Waals surface area contributed by atoms with Gasteiger partial charge >= 0.3 is 5.97 Å². The Balaban J connectivity index is 2.96. The van der Waals surface area contributed by atoms with E-state index in [0.717, 1.165) is 6.92 Å². The van der Waals surface area contributed by atoms with Crippen molar-refractivity contribution in [2.24, 2.45) is 5.92 Å².